The van der Waals surface area contributed by atoms with Crippen molar-refractivity contribution in [2.75, 3.05) is 0 Å². The Labute approximate surface area is 97.3 Å². The number of nitrogens with zero attached hydrogens (tertiary/aromatic N) is 1. The van der Waals surface area contributed by atoms with Crippen molar-refractivity contribution < 1.29 is 4.79 Å². The summed E-state index contributed by atoms with van der Waals surface area (Å²) in [7, 11) is 0. The number of hydrogen-bond donors (Lipinski definition) is 0. The maximum atomic E-state index is 12.1. The summed E-state index contributed by atoms with van der Waals surface area (Å²) in [6.45, 7) is 7.04. The van der Waals surface area contributed by atoms with Crippen LogP contribution in [0.4, 0.5) is 0 Å². The Morgan fingerprint density at radius 2 is 1.69 bits per heavy atom. The second-order valence-electron chi connectivity index (χ2n) is 5.42. The van der Waals surface area contributed by atoms with Gasteiger partial charge >= 0.3 is 0 Å². The molecular weight excluding hydrogens is 198 g/mol. The molecule has 1 aromatic carbocycles. The summed E-state index contributed by atoms with van der Waals surface area (Å²) in [6.07, 6.45) is 1.51. The quantitative estimate of drug-likeness (QED) is 0.654. The maximum absolute atomic E-state index is 12.1. The molecule has 2 heteroatoms. The zero-order valence-corrected chi connectivity index (χ0v) is 10.3. The molecule has 2 rings (SSSR count). The topological polar surface area (TPSA) is 20.3 Å². The Bertz CT molecular complexity index is 403. The highest BCUT2D eigenvalue weighted by molar-refractivity contribution is 5.78. The average Bonchev–Trinajstić information content (AvgIpc) is 2.38. The summed E-state index contributed by atoms with van der Waals surface area (Å²) in [5, 5.41) is 0. The van der Waals surface area contributed by atoms with E-state index in [1.54, 1.807) is 0 Å². The number of rotatable bonds is 0. The van der Waals surface area contributed by atoms with Crippen LogP contribution in [0, 0.1) is 0 Å². The monoisotopic (exact) mass is 217 g/mol. The van der Waals surface area contributed by atoms with Gasteiger partial charge in [-0.05, 0) is 38.3 Å². The lowest BCUT2D eigenvalue weighted by Crippen LogP contribution is -2.44. The second-order valence-corrected chi connectivity index (χ2v) is 5.42. The summed E-state index contributed by atoms with van der Waals surface area (Å²) in [6, 6.07) is 8.37. The SMILES string of the molecule is CC(C)(C)N1Cc2ccccc2CCC1=O. The van der Waals surface area contributed by atoms with E-state index < -0.39 is 0 Å². The molecule has 0 N–H and O–H groups in total. The number of carbonyl (C=O) groups is 1. The van der Waals surface area contributed by atoms with Crippen molar-refractivity contribution >= 4 is 5.91 Å². The van der Waals surface area contributed by atoms with Gasteiger partial charge in [0.2, 0.25) is 5.91 Å². The average molecular weight is 217 g/mol. The van der Waals surface area contributed by atoms with Crippen LogP contribution < -0.4 is 0 Å². The largest absolute Gasteiger partial charge is 0.334 e. The van der Waals surface area contributed by atoms with Gasteiger partial charge in [-0.3, -0.25) is 4.79 Å². The van der Waals surface area contributed by atoms with E-state index in [4.69, 9.17) is 0 Å². The summed E-state index contributed by atoms with van der Waals surface area (Å²) in [5.74, 6) is 0.267. The van der Waals surface area contributed by atoms with Gasteiger partial charge in [0.15, 0.2) is 0 Å². The van der Waals surface area contributed by atoms with E-state index in [1.165, 1.54) is 11.1 Å². The van der Waals surface area contributed by atoms with Gasteiger partial charge in [0.1, 0.15) is 0 Å². The molecule has 1 heterocycles. The normalized spacial score (nSPS) is 16.9. The Hall–Kier alpha value is -1.31. The molecule has 1 aromatic rings. The highest BCUT2D eigenvalue weighted by Gasteiger charge is 2.28. The molecular formula is C14H19NO. The van der Waals surface area contributed by atoms with Crippen LogP contribution in [0.1, 0.15) is 38.3 Å². The zero-order valence-electron chi connectivity index (χ0n) is 10.3. The first kappa shape index (κ1) is 11.2. The number of hydrogen-bond acceptors (Lipinski definition) is 1. The molecule has 0 radical (unpaired) electrons. The van der Waals surface area contributed by atoms with E-state index in [-0.39, 0.29) is 11.4 Å². The van der Waals surface area contributed by atoms with Crippen LogP contribution in [-0.4, -0.2) is 16.3 Å². The van der Waals surface area contributed by atoms with Crippen LogP contribution >= 0.6 is 0 Å². The summed E-state index contributed by atoms with van der Waals surface area (Å²) in [4.78, 5) is 14.0. The van der Waals surface area contributed by atoms with Crippen molar-refractivity contribution in [2.24, 2.45) is 0 Å². The van der Waals surface area contributed by atoms with Crippen LogP contribution in [0.3, 0.4) is 0 Å². The van der Waals surface area contributed by atoms with Gasteiger partial charge in [0.05, 0.1) is 0 Å². The minimum Gasteiger partial charge on any atom is -0.334 e. The van der Waals surface area contributed by atoms with Crippen LogP contribution in [-0.2, 0) is 17.8 Å². The van der Waals surface area contributed by atoms with Gasteiger partial charge in [0, 0.05) is 18.5 Å². The first-order chi connectivity index (χ1) is 7.48. The van der Waals surface area contributed by atoms with E-state index in [2.05, 4.69) is 45.0 Å². The molecule has 1 aliphatic rings. The Balaban J connectivity index is 2.35. The zero-order chi connectivity index (χ0) is 11.8. The lowest BCUT2D eigenvalue weighted by Gasteiger charge is -2.35. The lowest BCUT2D eigenvalue weighted by atomic mass is 10.0. The molecule has 0 atom stereocenters. The van der Waals surface area contributed by atoms with Crippen molar-refractivity contribution in [3.05, 3.63) is 35.4 Å². The summed E-state index contributed by atoms with van der Waals surface area (Å²) >= 11 is 0. The van der Waals surface area contributed by atoms with E-state index in [9.17, 15) is 4.79 Å². The Morgan fingerprint density at radius 3 is 2.31 bits per heavy atom. The molecule has 0 fully saturated rings. The van der Waals surface area contributed by atoms with Gasteiger partial charge in [-0.15, -0.1) is 0 Å². The number of carbonyl (C=O) groups excluding carboxylic acids is 1. The minimum atomic E-state index is -0.0888. The van der Waals surface area contributed by atoms with Crippen LogP contribution in [0.15, 0.2) is 24.3 Å². The molecule has 2 nitrogen and oxygen atoms in total. The van der Waals surface area contributed by atoms with Gasteiger partial charge in [-0.1, -0.05) is 24.3 Å². The lowest BCUT2D eigenvalue weighted by molar-refractivity contribution is -0.136. The molecule has 1 amide bonds. The van der Waals surface area contributed by atoms with Gasteiger partial charge in [-0.2, -0.15) is 0 Å². The fraction of sp³-hybridized carbons (Fsp3) is 0.500. The van der Waals surface area contributed by atoms with Crippen molar-refractivity contribution in [3.63, 3.8) is 0 Å². The summed E-state index contributed by atoms with van der Waals surface area (Å²) in [5.41, 5.74) is 2.53. The Morgan fingerprint density at radius 1 is 1.06 bits per heavy atom. The molecule has 0 aliphatic carbocycles. The predicted molar refractivity (Wildman–Crippen MR) is 65.1 cm³/mol. The third-order valence-corrected chi connectivity index (χ3v) is 3.17. The smallest absolute Gasteiger partial charge is 0.223 e. The van der Waals surface area contributed by atoms with Crippen LogP contribution in [0.5, 0.6) is 0 Å². The molecule has 86 valence electrons. The van der Waals surface area contributed by atoms with E-state index in [0.29, 0.717) is 6.42 Å². The number of benzene rings is 1. The molecule has 16 heavy (non-hydrogen) atoms. The first-order valence-electron chi connectivity index (χ1n) is 5.86. The van der Waals surface area contributed by atoms with Gasteiger partial charge in [0.25, 0.3) is 0 Å². The van der Waals surface area contributed by atoms with Crippen molar-refractivity contribution in [1.29, 1.82) is 0 Å². The molecule has 0 saturated carbocycles. The third-order valence-electron chi connectivity index (χ3n) is 3.17. The predicted octanol–water partition coefficient (Wildman–Crippen LogP) is 2.76. The molecule has 1 aliphatic heterocycles. The van der Waals surface area contributed by atoms with E-state index in [1.807, 2.05) is 4.90 Å². The number of fused-ring (bicyclic) bond motifs is 1. The van der Waals surface area contributed by atoms with E-state index >= 15 is 0 Å². The van der Waals surface area contributed by atoms with Gasteiger partial charge in [-0.25, -0.2) is 0 Å². The summed E-state index contributed by atoms with van der Waals surface area (Å²) < 4.78 is 0. The van der Waals surface area contributed by atoms with Crippen molar-refractivity contribution in [3.8, 4) is 0 Å². The van der Waals surface area contributed by atoms with Crippen molar-refractivity contribution in [1.82, 2.24) is 4.90 Å². The molecule has 0 aromatic heterocycles. The second kappa shape index (κ2) is 3.93. The first-order valence-corrected chi connectivity index (χ1v) is 5.86. The molecule has 0 saturated heterocycles. The fourth-order valence-corrected chi connectivity index (χ4v) is 2.20. The molecule has 0 unspecified atom stereocenters. The number of amides is 1. The Kier molecular flexibility index (Phi) is 2.75. The highest BCUT2D eigenvalue weighted by Crippen LogP contribution is 2.24. The van der Waals surface area contributed by atoms with Gasteiger partial charge < -0.3 is 4.90 Å². The van der Waals surface area contributed by atoms with Crippen LogP contribution in [0.2, 0.25) is 0 Å². The van der Waals surface area contributed by atoms with Crippen molar-refractivity contribution in [2.45, 2.75) is 45.7 Å². The van der Waals surface area contributed by atoms with Crippen LogP contribution in [0.25, 0.3) is 0 Å². The number of aryl methyl sites for hydroxylation is 1. The standard InChI is InChI=1S/C14H19NO/c1-14(2,3)15-10-12-7-5-4-6-11(12)8-9-13(15)16/h4-7H,8-10H2,1-3H3. The minimum absolute atomic E-state index is 0.0888. The third kappa shape index (κ3) is 2.11. The fourth-order valence-electron chi connectivity index (χ4n) is 2.20. The maximum Gasteiger partial charge on any atom is 0.223 e. The molecule has 0 bridgehead atoms. The highest BCUT2D eigenvalue weighted by atomic mass is 16.2. The van der Waals surface area contributed by atoms with E-state index in [0.717, 1.165) is 13.0 Å². The molecule has 0 spiro atoms.